The van der Waals surface area contributed by atoms with Gasteiger partial charge in [-0.3, -0.25) is 4.79 Å². The van der Waals surface area contributed by atoms with Gasteiger partial charge >= 0.3 is 0 Å². The summed E-state index contributed by atoms with van der Waals surface area (Å²) >= 11 is 7.34. The van der Waals surface area contributed by atoms with Gasteiger partial charge in [0.15, 0.2) is 0 Å². The molecule has 0 saturated heterocycles. The van der Waals surface area contributed by atoms with Crippen LogP contribution in [0.4, 0.5) is 5.69 Å². The molecule has 3 N–H and O–H groups in total. The predicted octanol–water partition coefficient (Wildman–Crippen LogP) is 2.23. The Morgan fingerprint density at radius 3 is 2.94 bits per heavy atom. The molecule has 0 spiro atoms. The number of benzene rings is 1. The van der Waals surface area contributed by atoms with Gasteiger partial charge in [-0.2, -0.15) is 17.0 Å². The SMILES string of the molecule is CC(N)CSCC(=O)Nc1ccc(C#N)c(Cl)c1. The Labute approximate surface area is 115 Å². The zero-order valence-electron chi connectivity index (χ0n) is 9.94. The first kappa shape index (κ1) is 14.8. The van der Waals surface area contributed by atoms with E-state index in [0.717, 1.165) is 5.75 Å². The van der Waals surface area contributed by atoms with Crippen LogP contribution in [0.5, 0.6) is 0 Å². The van der Waals surface area contributed by atoms with Gasteiger partial charge < -0.3 is 11.1 Å². The second-order valence-electron chi connectivity index (χ2n) is 3.85. The predicted molar refractivity (Wildman–Crippen MR) is 75.8 cm³/mol. The molecule has 1 rings (SSSR count). The summed E-state index contributed by atoms with van der Waals surface area (Å²) in [5, 5.41) is 11.8. The van der Waals surface area contributed by atoms with Crippen molar-refractivity contribution in [3.63, 3.8) is 0 Å². The normalized spacial score (nSPS) is 11.7. The first-order valence-corrected chi connectivity index (χ1v) is 6.89. The Morgan fingerprint density at radius 2 is 2.39 bits per heavy atom. The number of thioether (sulfide) groups is 1. The highest BCUT2D eigenvalue weighted by atomic mass is 35.5. The number of hydrogen-bond acceptors (Lipinski definition) is 4. The van der Waals surface area contributed by atoms with E-state index in [-0.39, 0.29) is 11.9 Å². The molecule has 96 valence electrons. The van der Waals surface area contributed by atoms with Gasteiger partial charge in [0.25, 0.3) is 0 Å². The van der Waals surface area contributed by atoms with Crippen molar-refractivity contribution in [3.05, 3.63) is 28.8 Å². The van der Waals surface area contributed by atoms with E-state index in [0.29, 0.717) is 22.0 Å². The van der Waals surface area contributed by atoms with Gasteiger partial charge in [0, 0.05) is 17.5 Å². The first-order valence-electron chi connectivity index (χ1n) is 5.35. The van der Waals surface area contributed by atoms with Crippen LogP contribution < -0.4 is 11.1 Å². The van der Waals surface area contributed by atoms with Crippen LogP contribution in [-0.2, 0) is 4.79 Å². The van der Waals surface area contributed by atoms with Gasteiger partial charge in [0.1, 0.15) is 6.07 Å². The van der Waals surface area contributed by atoms with Crippen molar-refractivity contribution in [2.75, 3.05) is 16.8 Å². The molecular formula is C12H14ClN3OS. The van der Waals surface area contributed by atoms with Crippen molar-refractivity contribution in [2.24, 2.45) is 5.73 Å². The largest absolute Gasteiger partial charge is 0.327 e. The highest BCUT2D eigenvalue weighted by molar-refractivity contribution is 8.00. The minimum absolute atomic E-state index is 0.0761. The Bertz CT molecular complexity index is 471. The molecule has 1 aromatic rings. The molecule has 0 fully saturated rings. The number of carbonyl (C=O) groups is 1. The summed E-state index contributed by atoms with van der Waals surface area (Å²) in [6.07, 6.45) is 0. The van der Waals surface area contributed by atoms with Crippen molar-refractivity contribution >= 4 is 35.0 Å². The molecule has 0 aromatic heterocycles. The van der Waals surface area contributed by atoms with Crippen molar-refractivity contribution in [3.8, 4) is 6.07 Å². The third-order valence-electron chi connectivity index (χ3n) is 1.99. The second-order valence-corrected chi connectivity index (χ2v) is 5.28. The fourth-order valence-corrected chi connectivity index (χ4v) is 2.19. The number of nitrogens with one attached hydrogen (secondary N) is 1. The van der Waals surface area contributed by atoms with Crippen LogP contribution in [0.25, 0.3) is 0 Å². The molecule has 1 aromatic carbocycles. The van der Waals surface area contributed by atoms with E-state index in [1.807, 2.05) is 13.0 Å². The molecule has 6 heteroatoms. The maximum absolute atomic E-state index is 11.6. The Kier molecular flexibility index (Phi) is 5.99. The number of nitrogens with two attached hydrogens (primary N) is 1. The van der Waals surface area contributed by atoms with Gasteiger partial charge in [-0.05, 0) is 25.1 Å². The molecule has 0 bridgehead atoms. The van der Waals surface area contributed by atoms with Crippen LogP contribution in [0.3, 0.4) is 0 Å². The van der Waals surface area contributed by atoms with E-state index >= 15 is 0 Å². The third-order valence-corrected chi connectivity index (χ3v) is 3.53. The smallest absolute Gasteiger partial charge is 0.234 e. The van der Waals surface area contributed by atoms with E-state index in [9.17, 15) is 4.79 Å². The van der Waals surface area contributed by atoms with Gasteiger partial charge in [0.05, 0.1) is 16.3 Å². The van der Waals surface area contributed by atoms with Crippen LogP contribution in [0, 0.1) is 11.3 Å². The maximum Gasteiger partial charge on any atom is 0.234 e. The summed E-state index contributed by atoms with van der Waals surface area (Å²) in [5.41, 5.74) is 6.56. The number of hydrogen-bond donors (Lipinski definition) is 2. The molecule has 1 atom stereocenters. The number of carbonyl (C=O) groups excluding carboxylic acids is 1. The number of rotatable bonds is 5. The van der Waals surface area contributed by atoms with E-state index < -0.39 is 0 Å². The second kappa shape index (κ2) is 7.27. The van der Waals surface area contributed by atoms with Crippen molar-refractivity contribution in [2.45, 2.75) is 13.0 Å². The quantitative estimate of drug-likeness (QED) is 0.868. The minimum atomic E-state index is -0.110. The lowest BCUT2D eigenvalue weighted by Crippen LogP contribution is -2.20. The van der Waals surface area contributed by atoms with Crippen LogP contribution in [0.2, 0.25) is 5.02 Å². The van der Waals surface area contributed by atoms with Crippen molar-refractivity contribution in [1.29, 1.82) is 5.26 Å². The van der Waals surface area contributed by atoms with Crippen LogP contribution in [0.15, 0.2) is 18.2 Å². The van der Waals surface area contributed by atoms with Gasteiger partial charge in [-0.1, -0.05) is 11.6 Å². The molecule has 1 amide bonds. The average Bonchev–Trinajstić information content (AvgIpc) is 2.28. The summed E-state index contributed by atoms with van der Waals surface area (Å²) in [7, 11) is 0. The van der Waals surface area contributed by atoms with Crippen molar-refractivity contribution < 1.29 is 4.79 Å². The van der Waals surface area contributed by atoms with Crippen LogP contribution >= 0.6 is 23.4 Å². The fraction of sp³-hybridized carbons (Fsp3) is 0.333. The number of nitriles is 1. The zero-order chi connectivity index (χ0) is 13.5. The van der Waals surface area contributed by atoms with E-state index in [1.165, 1.54) is 11.8 Å². The number of anilines is 1. The highest BCUT2D eigenvalue weighted by Gasteiger charge is 2.06. The lowest BCUT2D eigenvalue weighted by molar-refractivity contribution is -0.113. The molecule has 0 aliphatic carbocycles. The summed E-state index contributed by atoms with van der Waals surface area (Å²) in [6.45, 7) is 1.89. The Hall–Kier alpha value is -1.22. The maximum atomic E-state index is 11.6. The van der Waals surface area contributed by atoms with E-state index in [1.54, 1.807) is 18.2 Å². The minimum Gasteiger partial charge on any atom is -0.327 e. The summed E-state index contributed by atoms with van der Waals surface area (Å²) in [4.78, 5) is 11.6. The monoisotopic (exact) mass is 283 g/mol. The summed E-state index contributed by atoms with van der Waals surface area (Å²) in [6, 6.07) is 6.83. The molecule has 0 radical (unpaired) electrons. The molecule has 0 saturated carbocycles. The standard InChI is InChI=1S/C12H14ClN3OS/c1-8(15)6-18-7-12(17)16-10-3-2-9(5-14)11(13)4-10/h2-4,8H,6-7,15H2,1H3,(H,16,17). The summed E-state index contributed by atoms with van der Waals surface area (Å²) in [5.74, 6) is 0.974. The molecule has 0 aliphatic heterocycles. The lowest BCUT2D eigenvalue weighted by Gasteiger charge is -2.07. The van der Waals surface area contributed by atoms with Gasteiger partial charge in [-0.15, -0.1) is 0 Å². The number of amides is 1. The summed E-state index contributed by atoms with van der Waals surface area (Å²) < 4.78 is 0. The van der Waals surface area contributed by atoms with Gasteiger partial charge in [-0.25, -0.2) is 0 Å². The molecule has 18 heavy (non-hydrogen) atoms. The van der Waals surface area contributed by atoms with Crippen LogP contribution in [0.1, 0.15) is 12.5 Å². The average molecular weight is 284 g/mol. The highest BCUT2D eigenvalue weighted by Crippen LogP contribution is 2.20. The lowest BCUT2D eigenvalue weighted by atomic mass is 10.2. The van der Waals surface area contributed by atoms with E-state index in [2.05, 4.69) is 5.32 Å². The van der Waals surface area contributed by atoms with E-state index in [4.69, 9.17) is 22.6 Å². The molecule has 4 nitrogen and oxygen atoms in total. The number of nitrogens with zero attached hydrogens (tertiary/aromatic N) is 1. The van der Waals surface area contributed by atoms with Gasteiger partial charge in [0.2, 0.25) is 5.91 Å². The molecule has 1 unspecified atom stereocenters. The Balaban J connectivity index is 2.50. The molecular weight excluding hydrogens is 270 g/mol. The number of halogens is 1. The van der Waals surface area contributed by atoms with Crippen molar-refractivity contribution in [1.82, 2.24) is 0 Å². The Morgan fingerprint density at radius 1 is 1.67 bits per heavy atom. The van der Waals surface area contributed by atoms with Crippen LogP contribution in [-0.4, -0.2) is 23.5 Å². The zero-order valence-corrected chi connectivity index (χ0v) is 11.5. The molecule has 0 heterocycles. The third kappa shape index (κ3) is 4.96. The topological polar surface area (TPSA) is 78.9 Å². The first-order chi connectivity index (χ1) is 8.52. The molecule has 0 aliphatic rings. The fourth-order valence-electron chi connectivity index (χ4n) is 1.22.